The van der Waals surface area contributed by atoms with E-state index in [1.54, 1.807) is 11.5 Å². The number of carboxylic acids is 1. The molecule has 2 atom stereocenters. The average Bonchev–Trinajstić information content (AvgIpc) is 3.99. The number of nitrogens with one attached hydrogen (secondary N) is 1. The number of hydrogen-bond donors (Lipinski definition) is 5. The Morgan fingerprint density at radius 1 is 0.833 bits per heavy atom. The number of pyridine rings is 2. The van der Waals surface area contributed by atoms with Crippen LogP contribution in [0.5, 0.6) is 0 Å². The summed E-state index contributed by atoms with van der Waals surface area (Å²) in [7, 11) is -3.41. The van der Waals surface area contributed by atoms with E-state index in [9.17, 15) is 41.7 Å². The van der Waals surface area contributed by atoms with Gasteiger partial charge in [0.25, 0.3) is 0 Å². The van der Waals surface area contributed by atoms with Crippen LogP contribution >= 0.6 is 0 Å². The third-order valence-corrected chi connectivity index (χ3v) is 13.6. The van der Waals surface area contributed by atoms with Gasteiger partial charge in [0.2, 0.25) is 10.9 Å². The number of nitrogens with zero attached hydrogens (tertiary/aromatic N) is 3. The summed E-state index contributed by atoms with van der Waals surface area (Å²) in [6.45, 7) is 9.21. The second-order valence-electron chi connectivity index (χ2n) is 17.6. The van der Waals surface area contributed by atoms with Crippen molar-refractivity contribution in [1.82, 2.24) is 14.5 Å². The van der Waals surface area contributed by atoms with Gasteiger partial charge in [-0.3, -0.25) is 9.59 Å². The molecule has 2 aromatic heterocycles. The molecule has 19 heteroatoms. The maximum absolute atomic E-state index is 15.4. The molecule has 6 aliphatic rings. The molecule has 8 N–H and O–H groups in total. The van der Waals surface area contributed by atoms with Crippen molar-refractivity contribution in [2.45, 2.75) is 90.3 Å². The number of rotatable bonds is 6. The van der Waals surface area contributed by atoms with E-state index in [4.69, 9.17) is 17.2 Å². The van der Waals surface area contributed by atoms with Gasteiger partial charge in [-0.2, -0.15) is 0 Å². The van der Waals surface area contributed by atoms with E-state index in [-0.39, 0.29) is 51.3 Å². The lowest BCUT2D eigenvalue weighted by atomic mass is 9.95. The van der Waals surface area contributed by atoms with E-state index >= 15 is 4.39 Å². The van der Waals surface area contributed by atoms with Crippen LogP contribution in [-0.2, 0) is 4.65 Å². The minimum Gasteiger partial charge on any atom is -0.477 e. The first-order valence-corrected chi connectivity index (χ1v) is 20.2. The van der Waals surface area contributed by atoms with Gasteiger partial charge in [-0.1, -0.05) is 6.92 Å². The van der Waals surface area contributed by atoms with E-state index in [2.05, 4.69) is 16.9 Å². The third-order valence-electron chi connectivity index (χ3n) is 13.6. The van der Waals surface area contributed by atoms with Crippen molar-refractivity contribution in [3.05, 3.63) is 72.5 Å². The van der Waals surface area contributed by atoms with Gasteiger partial charge in [0.05, 0.1) is 38.9 Å². The Labute approximate surface area is 341 Å². The van der Waals surface area contributed by atoms with Crippen molar-refractivity contribution < 1.29 is 41.2 Å². The van der Waals surface area contributed by atoms with Crippen LogP contribution in [0, 0.1) is 48.0 Å². The van der Waals surface area contributed by atoms with Crippen molar-refractivity contribution in [2.75, 3.05) is 42.5 Å². The number of aryl methyl sites for hydroxylation is 2. The van der Waals surface area contributed by atoms with Crippen molar-refractivity contribution in [3.8, 4) is 0 Å². The van der Waals surface area contributed by atoms with Crippen LogP contribution in [0.15, 0.2) is 22.0 Å². The summed E-state index contributed by atoms with van der Waals surface area (Å²) in [5.41, 5.74) is 16.3. The van der Waals surface area contributed by atoms with Crippen molar-refractivity contribution in [3.63, 3.8) is 0 Å². The highest BCUT2D eigenvalue weighted by Crippen LogP contribution is 2.55. The first-order valence-electron chi connectivity index (χ1n) is 20.2. The zero-order valence-corrected chi connectivity index (χ0v) is 33.5. The molecular weight excluding hydrogens is 792 g/mol. The van der Waals surface area contributed by atoms with Gasteiger partial charge < -0.3 is 46.3 Å². The number of fused-ring (bicyclic) bond motifs is 2. The number of aromatic nitrogens is 2. The number of halogens is 5. The Balaban J connectivity index is 0.000000141. The highest BCUT2D eigenvalue weighted by atomic mass is 19.2. The molecule has 4 saturated carbocycles. The molecular formula is C41H47BF5N7O6. The summed E-state index contributed by atoms with van der Waals surface area (Å²) in [6, 6.07) is -0.0642. The van der Waals surface area contributed by atoms with Gasteiger partial charge in [0, 0.05) is 61.1 Å². The lowest BCUT2D eigenvalue weighted by Gasteiger charge is -2.25. The second kappa shape index (κ2) is 14.8. The van der Waals surface area contributed by atoms with Crippen molar-refractivity contribution in [1.29, 1.82) is 0 Å². The molecule has 2 aromatic carbocycles. The van der Waals surface area contributed by atoms with Crippen LogP contribution in [0.1, 0.15) is 102 Å². The summed E-state index contributed by atoms with van der Waals surface area (Å²) in [5, 5.41) is 12.4. The van der Waals surface area contributed by atoms with Crippen LogP contribution < -0.4 is 38.3 Å². The highest BCUT2D eigenvalue weighted by molar-refractivity contribution is 6.38. The minimum atomic E-state index is -3.41. The SMILES string of the molecule is C[C@@H]1CNCC12CC2.Cc1c(F)c(F)c(N)c2c(=O)c(C(=O)OB(F)F)cn(C3CC3)c12.Cc1c(N2C[C@@H](N)C3(CC3)C2)c(F)c(N)c2c(=O)c(C(=O)O)cn(C3CC3)c12. The smallest absolute Gasteiger partial charge is 0.477 e. The summed E-state index contributed by atoms with van der Waals surface area (Å²) in [5.74, 6) is -5.19. The Kier molecular flexibility index (Phi) is 10.2. The standard InChI is InChI=1S/C20H23FN4O3.C14H11BF4N2O3.C7H13N/c1-9-16-13(18(26)11(19(27)28)6-25(16)10-2-3-10)15(23)14(21)17(9)24-7-12(22)20(8-24)4-5-20;1-5-9(16)10(17)11(20)8-12(5)21(6-2-3-6)4-7(13(8)22)14(23)24-15(18)19;1-6-4-8-5-7(6)2-3-7/h6,10,12H,2-5,7-8,22-23H2,1H3,(H,27,28);4,6H,2-3,20H2,1H3;6,8H,2-5H2,1H3/t12-;;6-/m1.1/s1. The minimum absolute atomic E-state index is 0.0109. The molecule has 320 valence electrons. The summed E-state index contributed by atoms with van der Waals surface area (Å²) >= 11 is 0. The fraction of sp³-hybridized carbons (Fsp3) is 0.512. The first-order chi connectivity index (χ1) is 28.3. The third kappa shape index (κ3) is 6.96. The van der Waals surface area contributed by atoms with Gasteiger partial charge >= 0.3 is 19.4 Å². The Morgan fingerprint density at radius 3 is 1.80 bits per heavy atom. The fourth-order valence-electron chi connectivity index (χ4n) is 9.25. The predicted molar refractivity (Wildman–Crippen MR) is 217 cm³/mol. The normalized spacial score (nSPS) is 21.8. The van der Waals surface area contributed by atoms with E-state index in [0.29, 0.717) is 42.7 Å². The lowest BCUT2D eigenvalue weighted by molar-refractivity contribution is 0.0682. The predicted octanol–water partition coefficient (Wildman–Crippen LogP) is 5.58. The molecule has 2 aliphatic heterocycles. The number of benzene rings is 2. The van der Waals surface area contributed by atoms with Gasteiger partial charge in [-0.15, -0.1) is 0 Å². The molecule has 0 unspecified atom stereocenters. The number of nitrogen functional groups attached to an aromatic ring is 2. The quantitative estimate of drug-likeness (QED) is 0.0922. The van der Waals surface area contributed by atoms with Crippen molar-refractivity contribution in [2.24, 2.45) is 22.5 Å². The van der Waals surface area contributed by atoms with E-state index < -0.39 is 64.4 Å². The number of carboxylic acid groups (broad SMARTS) is 1. The molecule has 0 amide bonds. The zero-order valence-electron chi connectivity index (χ0n) is 33.5. The first kappa shape index (κ1) is 41.6. The Hall–Kier alpha value is -5.17. The molecule has 60 heavy (non-hydrogen) atoms. The van der Waals surface area contributed by atoms with Gasteiger partial charge in [-0.05, 0) is 88.7 Å². The Bertz CT molecular complexity index is 2600. The molecule has 6 fully saturated rings. The maximum Gasteiger partial charge on any atom is 0.798 e. The monoisotopic (exact) mass is 839 g/mol. The van der Waals surface area contributed by atoms with Gasteiger partial charge in [0.1, 0.15) is 11.1 Å². The number of anilines is 3. The van der Waals surface area contributed by atoms with Crippen LogP contribution in [-0.4, -0.2) is 65.9 Å². The van der Waals surface area contributed by atoms with Crippen LogP contribution in [0.2, 0.25) is 0 Å². The number of carbonyl (C=O) groups is 2. The zero-order chi connectivity index (χ0) is 43.3. The number of aromatic carboxylic acids is 1. The van der Waals surface area contributed by atoms with Crippen molar-refractivity contribution >= 4 is 58.3 Å². The van der Waals surface area contributed by atoms with E-state index in [0.717, 1.165) is 43.2 Å². The summed E-state index contributed by atoms with van der Waals surface area (Å²) in [4.78, 5) is 50.5. The van der Waals surface area contributed by atoms with Gasteiger partial charge in [-0.25, -0.2) is 31.4 Å². The molecule has 4 heterocycles. The largest absolute Gasteiger partial charge is 0.798 e. The molecule has 4 aliphatic carbocycles. The fourth-order valence-corrected chi connectivity index (χ4v) is 9.25. The molecule has 13 nitrogen and oxygen atoms in total. The van der Waals surface area contributed by atoms with Crippen LogP contribution in [0.25, 0.3) is 21.8 Å². The summed E-state index contributed by atoms with van der Waals surface area (Å²) in [6.07, 6.45) is 10.6. The maximum atomic E-state index is 15.4. The van der Waals surface area contributed by atoms with Gasteiger partial charge in [0.15, 0.2) is 17.5 Å². The number of nitrogens with two attached hydrogens (primary N) is 3. The Morgan fingerprint density at radius 2 is 1.35 bits per heavy atom. The molecule has 10 rings (SSSR count). The van der Waals surface area contributed by atoms with Crippen LogP contribution in [0.3, 0.4) is 0 Å². The second-order valence-corrected chi connectivity index (χ2v) is 17.6. The average molecular weight is 840 g/mol. The highest BCUT2D eigenvalue weighted by Gasteiger charge is 2.54. The number of carbonyl (C=O) groups excluding carboxylic acids is 1. The van der Waals surface area contributed by atoms with Crippen LogP contribution in [0.4, 0.5) is 38.9 Å². The molecule has 2 spiro atoms. The molecule has 0 radical (unpaired) electrons. The summed E-state index contributed by atoms with van der Waals surface area (Å²) < 4.78 is 74.8. The lowest BCUT2D eigenvalue weighted by Crippen LogP contribution is -2.31. The topological polar surface area (TPSA) is 201 Å². The van der Waals surface area contributed by atoms with E-state index in [1.165, 1.54) is 43.6 Å². The van der Waals surface area contributed by atoms with E-state index in [1.807, 2.05) is 4.90 Å². The molecule has 2 saturated heterocycles. The molecule has 0 bridgehead atoms. The number of hydrogen-bond acceptors (Lipinski definition) is 10. The molecule has 4 aromatic rings.